The molecule has 1 unspecified atom stereocenters. The summed E-state index contributed by atoms with van der Waals surface area (Å²) in [5.74, 6) is 0. The van der Waals surface area contributed by atoms with E-state index in [4.69, 9.17) is 0 Å². The van der Waals surface area contributed by atoms with Crippen LogP contribution in [0.3, 0.4) is 0 Å². The van der Waals surface area contributed by atoms with Crippen LogP contribution in [0.1, 0.15) is 41.5 Å². The second kappa shape index (κ2) is 10.1. The summed E-state index contributed by atoms with van der Waals surface area (Å²) in [4.78, 5) is 6.22. The Labute approximate surface area is 147 Å². The van der Waals surface area contributed by atoms with Crippen molar-refractivity contribution in [3.63, 3.8) is 0 Å². The SMILES string of the molecule is CCN(CC)c1ccc(N[C@@H](C)C(C)N(CC)CC)c(SC)c1. The maximum Gasteiger partial charge on any atom is 0.0482 e. The Morgan fingerprint density at radius 1 is 1.00 bits per heavy atom. The van der Waals surface area contributed by atoms with E-state index in [1.807, 2.05) is 11.8 Å². The van der Waals surface area contributed by atoms with Gasteiger partial charge in [-0.1, -0.05) is 13.8 Å². The lowest BCUT2D eigenvalue weighted by molar-refractivity contribution is 0.215. The zero-order valence-corrected chi connectivity index (χ0v) is 16.8. The molecule has 0 saturated carbocycles. The van der Waals surface area contributed by atoms with Crippen LogP contribution in [0.2, 0.25) is 0 Å². The Bertz CT molecular complexity index is 456. The summed E-state index contributed by atoms with van der Waals surface area (Å²) < 4.78 is 0. The summed E-state index contributed by atoms with van der Waals surface area (Å²) in [6.07, 6.45) is 2.16. The van der Waals surface area contributed by atoms with Crippen LogP contribution < -0.4 is 10.2 Å². The van der Waals surface area contributed by atoms with E-state index < -0.39 is 0 Å². The van der Waals surface area contributed by atoms with Crippen molar-refractivity contribution in [2.24, 2.45) is 0 Å². The van der Waals surface area contributed by atoms with Gasteiger partial charge in [0.05, 0.1) is 0 Å². The van der Waals surface area contributed by atoms with E-state index in [1.54, 1.807) is 0 Å². The normalized spacial score (nSPS) is 13.9. The molecule has 0 aliphatic carbocycles. The molecule has 0 bridgehead atoms. The van der Waals surface area contributed by atoms with Gasteiger partial charge < -0.3 is 10.2 Å². The second-order valence-electron chi connectivity index (χ2n) is 5.95. The second-order valence-corrected chi connectivity index (χ2v) is 6.80. The molecule has 1 aromatic carbocycles. The quantitative estimate of drug-likeness (QED) is 0.619. The van der Waals surface area contributed by atoms with Gasteiger partial charge >= 0.3 is 0 Å². The van der Waals surface area contributed by atoms with Gasteiger partial charge in [0.1, 0.15) is 0 Å². The van der Waals surface area contributed by atoms with Crippen molar-refractivity contribution < 1.29 is 0 Å². The van der Waals surface area contributed by atoms with E-state index in [-0.39, 0.29) is 0 Å². The number of thioether (sulfide) groups is 1. The molecule has 1 N–H and O–H groups in total. The van der Waals surface area contributed by atoms with Crippen LogP contribution in [0.25, 0.3) is 0 Å². The third-order valence-corrected chi connectivity index (χ3v) is 5.59. The van der Waals surface area contributed by atoms with Crippen molar-refractivity contribution in [2.45, 2.75) is 58.5 Å². The van der Waals surface area contributed by atoms with Crippen LogP contribution in [0.4, 0.5) is 11.4 Å². The zero-order chi connectivity index (χ0) is 17.4. The van der Waals surface area contributed by atoms with Crippen LogP contribution >= 0.6 is 11.8 Å². The fourth-order valence-electron chi connectivity index (χ4n) is 3.07. The topological polar surface area (TPSA) is 18.5 Å². The molecule has 0 aliphatic heterocycles. The minimum absolute atomic E-state index is 0.417. The minimum atomic E-state index is 0.417. The minimum Gasteiger partial charge on any atom is -0.380 e. The molecule has 0 saturated heterocycles. The summed E-state index contributed by atoms with van der Waals surface area (Å²) in [6.45, 7) is 17.8. The van der Waals surface area contributed by atoms with Gasteiger partial charge in [-0.2, -0.15) is 0 Å². The molecule has 0 spiro atoms. The molecule has 2 atom stereocenters. The average Bonchev–Trinajstić information content (AvgIpc) is 2.57. The van der Waals surface area contributed by atoms with Gasteiger partial charge in [-0.05, 0) is 65.2 Å². The molecule has 4 heteroatoms. The van der Waals surface area contributed by atoms with Gasteiger partial charge in [-0.25, -0.2) is 0 Å². The predicted molar refractivity (Wildman–Crippen MR) is 107 cm³/mol. The highest BCUT2D eigenvalue weighted by atomic mass is 32.2. The number of nitrogens with zero attached hydrogens (tertiary/aromatic N) is 2. The number of hydrogen-bond donors (Lipinski definition) is 1. The summed E-state index contributed by atoms with van der Waals surface area (Å²) in [7, 11) is 0. The molecule has 0 amide bonds. The molecule has 23 heavy (non-hydrogen) atoms. The summed E-state index contributed by atoms with van der Waals surface area (Å²) in [6, 6.07) is 7.73. The van der Waals surface area contributed by atoms with Crippen molar-refractivity contribution >= 4 is 23.1 Å². The van der Waals surface area contributed by atoms with Crippen molar-refractivity contribution in [2.75, 3.05) is 42.7 Å². The first-order chi connectivity index (χ1) is 11.0. The van der Waals surface area contributed by atoms with Gasteiger partial charge in [0.15, 0.2) is 0 Å². The predicted octanol–water partition coefficient (Wildman–Crippen LogP) is 4.79. The van der Waals surface area contributed by atoms with E-state index in [9.17, 15) is 0 Å². The van der Waals surface area contributed by atoms with E-state index in [0.29, 0.717) is 12.1 Å². The standard InChI is InChI=1S/C19H35N3S/c1-8-21(9-2)16(6)15(5)20-18-13-12-17(14-19(18)23-7)22(10-3)11-4/h12-16,20H,8-11H2,1-7H3/t15-,16?/m0/s1. The molecule has 0 heterocycles. The highest BCUT2D eigenvalue weighted by Gasteiger charge is 2.18. The van der Waals surface area contributed by atoms with Crippen LogP contribution in [-0.4, -0.2) is 49.4 Å². The molecule has 0 aliphatic rings. The first kappa shape index (κ1) is 20.2. The van der Waals surface area contributed by atoms with E-state index in [2.05, 4.69) is 81.1 Å². The summed E-state index contributed by atoms with van der Waals surface area (Å²) in [5, 5.41) is 3.73. The fourth-order valence-corrected chi connectivity index (χ4v) is 3.65. The Balaban J connectivity index is 2.91. The van der Waals surface area contributed by atoms with E-state index in [1.165, 1.54) is 16.3 Å². The molecule has 1 rings (SSSR count). The molecule has 0 aromatic heterocycles. The highest BCUT2D eigenvalue weighted by molar-refractivity contribution is 7.98. The molecule has 0 radical (unpaired) electrons. The van der Waals surface area contributed by atoms with Crippen molar-refractivity contribution in [1.82, 2.24) is 4.90 Å². The van der Waals surface area contributed by atoms with E-state index >= 15 is 0 Å². The Morgan fingerprint density at radius 2 is 1.61 bits per heavy atom. The number of nitrogens with one attached hydrogen (secondary N) is 1. The molecule has 132 valence electrons. The number of anilines is 2. The third kappa shape index (κ3) is 5.32. The molecule has 3 nitrogen and oxygen atoms in total. The molecular weight excluding hydrogens is 302 g/mol. The lowest BCUT2D eigenvalue weighted by Crippen LogP contribution is -2.43. The number of hydrogen-bond acceptors (Lipinski definition) is 4. The number of rotatable bonds is 10. The van der Waals surface area contributed by atoms with Crippen molar-refractivity contribution in [1.29, 1.82) is 0 Å². The van der Waals surface area contributed by atoms with Crippen LogP contribution in [0, 0.1) is 0 Å². The van der Waals surface area contributed by atoms with Gasteiger partial charge in [-0.3, -0.25) is 4.90 Å². The average molecular weight is 338 g/mol. The molecular formula is C19H35N3S. The highest BCUT2D eigenvalue weighted by Crippen LogP contribution is 2.31. The largest absolute Gasteiger partial charge is 0.380 e. The molecule has 0 fully saturated rings. The van der Waals surface area contributed by atoms with Gasteiger partial charge in [0, 0.05) is 41.4 Å². The first-order valence-electron chi connectivity index (χ1n) is 8.95. The zero-order valence-electron chi connectivity index (χ0n) is 16.0. The van der Waals surface area contributed by atoms with Crippen LogP contribution in [0.15, 0.2) is 23.1 Å². The number of benzene rings is 1. The first-order valence-corrected chi connectivity index (χ1v) is 10.2. The summed E-state index contributed by atoms with van der Waals surface area (Å²) in [5.41, 5.74) is 2.56. The van der Waals surface area contributed by atoms with Gasteiger partial charge in [-0.15, -0.1) is 11.8 Å². The van der Waals surface area contributed by atoms with Crippen molar-refractivity contribution in [3.8, 4) is 0 Å². The monoisotopic (exact) mass is 337 g/mol. The van der Waals surface area contributed by atoms with Crippen LogP contribution in [0.5, 0.6) is 0 Å². The smallest absolute Gasteiger partial charge is 0.0482 e. The third-order valence-electron chi connectivity index (χ3n) is 4.81. The maximum absolute atomic E-state index is 3.73. The molecule has 1 aromatic rings. The van der Waals surface area contributed by atoms with Crippen LogP contribution in [-0.2, 0) is 0 Å². The summed E-state index contributed by atoms with van der Waals surface area (Å²) >= 11 is 1.82. The maximum atomic E-state index is 3.73. The van der Waals surface area contributed by atoms with Gasteiger partial charge in [0.25, 0.3) is 0 Å². The fraction of sp³-hybridized carbons (Fsp3) is 0.684. The Hall–Kier alpha value is -0.870. The number of likely N-dealkylation sites (N-methyl/N-ethyl adjacent to an activating group) is 1. The lowest BCUT2D eigenvalue weighted by atomic mass is 10.1. The van der Waals surface area contributed by atoms with Gasteiger partial charge in [0.2, 0.25) is 0 Å². The van der Waals surface area contributed by atoms with E-state index in [0.717, 1.165) is 26.2 Å². The Kier molecular flexibility index (Phi) is 8.85. The Morgan fingerprint density at radius 3 is 2.09 bits per heavy atom. The lowest BCUT2D eigenvalue weighted by Gasteiger charge is -2.33. The van der Waals surface area contributed by atoms with Crippen molar-refractivity contribution in [3.05, 3.63) is 18.2 Å².